The monoisotopic (exact) mass is 453 g/mol. The number of benzene rings is 1. The Hall–Kier alpha value is -2.61. The maximum absolute atomic E-state index is 14.5. The second kappa shape index (κ2) is 12.9. The van der Waals surface area contributed by atoms with E-state index in [-0.39, 0.29) is 10.6 Å². The Kier molecular flexibility index (Phi) is 11.9. The number of sulfone groups is 1. The van der Waals surface area contributed by atoms with Crippen molar-refractivity contribution in [1.82, 2.24) is 9.55 Å². The van der Waals surface area contributed by atoms with Crippen LogP contribution in [0.5, 0.6) is 0 Å². The first-order valence-electron chi connectivity index (χ1n) is 9.82. The summed E-state index contributed by atoms with van der Waals surface area (Å²) in [5.74, 6) is 0.518. The van der Waals surface area contributed by atoms with Crippen molar-refractivity contribution in [2.75, 3.05) is 20.0 Å². The van der Waals surface area contributed by atoms with E-state index in [4.69, 9.17) is 0 Å². The molecule has 0 radical (unpaired) electrons. The van der Waals surface area contributed by atoms with Crippen molar-refractivity contribution < 1.29 is 17.2 Å². The van der Waals surface area contributed by atoms with E-state index in [9.17, 15) is 17.2 Å². The van der Waals surface area contributed by atoms with Crippen LogP contribution in [0.15, 0.2) is 59.1 Å². The molecule has 1 aromatic heterocycles. The average molecular weight is 454 g/mol. The zero-order valence-corrected chi connectivity index (χ0v) is 20.2. The van der Waals surface area contributed by atoms with Gasteiger partial charge in [0, 0.05) is 23.7 Å². The van der Waals surface area contributed by atoms with Crippen LogP contribution in [-0.2, 0) is 15.5 Å². The highest BCUT2D eigenvalue weighted by Gasteiger charge is 2.25. The molecule has 0 atom stereocenters. The van der Waals surface area contributed by atoms with Crippen molar-refractivity contribution >= 4 is 21.6 Å². The molecule has 2 rings (SSSR count). The molecule has 172 valence electrons. The molecule has 8 heteroatoms. The lowest BCUT2D eigenvalue weighted by Crippen LogP contribution is -2.09. The van der Waals surface area contributed by atoms with Crippen LogP contribution in [0.1, 0.15) is 46.1 Å². The summed E-state index contributed by atoms with van der Waals surface area (Å²) in [6, 6.07) is 6.38. The normalized spacial score (nSPS) is 12.0. The van der Waals surface area contributed by atoms with Gasteiger partial charge in [-0.15, -0.1) is 0 Å². The third-order valence-corrected chi connectivity index (χ3v) is 5.06. The summed E-state index contributed by atoms with van der Waals surface area (Å²) in [5, 5.41) is 0. The van der Waals surface area contributed by atoms with Gasteiger partial charge in [0.05, 0.1) is 24.3 Å². The number of aromatic nitrogens is 2. The van der Waals surface area contributed by atoms with E-state index in [1.165, 1.54) is 26.0 Å². The zero-order chi connectivity index (χ0) is 24.2. The van der Waals surface area contributed by atoms with E-state index in [2.05, 4.69) is 16.6 Å². The molecule has 0 amide bonds. The summed E-state index contributed by atoms with van der Waals surface area (Å²) in [6.45, 7) is 13.0. The van der Waals surface area contributed by atoms with E-state index < -0.39 is 15.5 Å². The first-order valence-corrected chi connectivity index (χ1v) is 11.7. The highest BCUT2D eigenvalue weighted by Crippen LogP contribution is 2.28. The van der Waals surface area contributed by atoms with Gasteiger partial charge in [0.25, 0.3) is 0 Å². The second-order valence-corrected chi connectivity index (χ2v) is 8.56. The first-order chi connectivity index (χ1) is 14.6. The summed E-state index contributed by atoms with van der Waals surface area (Å²) < 4.78 is 49.1. The molecule has 1 aromatic carbocycles. The minimum Gasteiger partial charge on any atom is -0.299 e. The fourth-order valence-corrected chi connectivity index (χ4v) is 3.07. The van der Waals surface area contributed by atoms with Gasteiger partial charge < -0.3 is 0 Å². The highest BCUT2D eigenvalue weighted by atomic mass is 32.2. The van der Waals surface area contributed by atoms with Gasteiger partial charge >= 0.3 is 0 Å². The molecule has 0 aliphatic heterocycles. The number of rotatable bonds is 7. The fourth-order valence-electron chi connectivity index (χ4n) is 2.44. The van der Waals surface area contributed by atoms with E-state index in [1.807, 2.05) is 26.8 Å². The van der Waals surface area contributed by atoms with E-state index >= 15 is 0 Å². The Morgan fingerprint density at radius 2 is 1.77 bits per heavy atom. The Labute approximate surface area is 185 Å². The zero-order valence-electron chi connectivity index (χ0n) is 19.4. The van der Waals surface area contributed by atoms with Crippen LogP contribution in [-0.4, -0.2) is 44.2 Å². The fraction of sp³-hybridized carbons (Fsp3) is 0.391. The summed E-state index contributed by atoms with van der Waals surface area (Å²) in [6.07, 6.45) is 7.96. The third kappa shape index (κ3) is 8.20. The van der Waals surface area contributed by atoms with Gasteiger partial charge in [0.2, 0.25) is 0 Å². The standard InChI is InChI=1S/C20H24FN3O2S.C2H6.CH3F/c1-6-15(12-13-22-7-2)19-23-18(20(3,4)21)14-24(19)16-8-10-17(11-9-16)27(5,25)26;2*1-2/h6-12,14H,1,13H2,2-5H3;1-2H3;1H3. The number of halogens is 2. The number of aliphatic imine (C=N–C) groups is 1. The van der Waals surface area contributed by atoms with Crippen LogP contribution in [0.4, 0.5) is 8.78 Å². The molecular weight excluding hydrogens is 420 g/mol. The van der Waals surface area contributed by atoms with Crippen molar-refractivity contribution in [3.63, 3.8) is 0 Å². The molecule has 1 heterocycles. The van der Waals surface area contributed by atoms with Gasteiger partial charge in [-0.1, -0.05) is 32.6 Å². The number of hydrogen-bond acceptors (Lipinski definition) is 4. The van der Waals surface area contributed by atoms with Crippen LogP contribution < -0.4 is 0 Å². The summed E-state index contributed by atoms with van der Waals surface area (Å²) in [5.41, 5.74) is 0.0347. The molecule has 0 bridgehead atoms. The van der Waals surface area contributed by atoms with Gasteiger partial charge in [-0.05, 0) is 51.3 Å². The van der Waals surface area contributed by atoms with E-state index in [1.54, 1.807) is 35.2 Å². The lowest BCUT2D eigenvalue weighted by Gasteiger charge is -2.09. The predicted molar refractivity (Wildman–Crippen MR) is 126 cm³/mol. The molecule has 0 aliphatic carbocycles. The SMILES string of the molecule is C=CC(=CCN=CC)c1nc(C(C)(C)F)cn1-c1ccc(S(C)(=O)=O)cc1.CC.CF. The Morgan fingerprint density at radius 1 is 1.23 bits per heavy atom. The molecule has 0 unspecified atom stereocenters. The first kappa shape index (κ1) is 28.4. The van der Waals surface area contributed by atoms with Gasteiger partial charge in [0.1, 0.15) is 11.5 Å². The molecule has 0 spiro atoms. The van der Waals surface area contributed by atoms with Crippen LogP contribution in [0, 0.1) is 0 Å². The molecule has 0 saturated carbocycles. The number of hydrogen-bond donors (Lipinski definition) is 0. The minimum absolute atomic E-state index is 0.218. The van der Waals surface area contributed by atoms with Crippen molar-refractivity contribution in [3.05, 3.63) is 60.7 Å². The number of imidazole rings is 1. The average Bonchev–Trinajstić information content (AvgIpc) is 3.19. The number of alkyl halides is 2. The predicted octanol–water partition coefficient (Wildman–Crippen LogP) is 5.75. The van der Waals surface area contributed by atoms with E-state index in [0.29, 0.717) is 30.8 Å². The highest BCUT2D eigenvalue weighted by molar-refractivity contribution is 7.90. The van der Waals surface area contributed by atoms with Gasteiger partial charge in [0.15, 0.2) is 9.84 Å². The van der Waals surface area contributed by atoms with E-state index in [0.717, 1.165) is 6.26 Å². The van der Waals surface area contributed by atoms with Crippen molar-refractivity contribution in [1.29, 1.82) is 0 Å². The molecule has 2 aromatic rings. The smallest absolute Gasteiger partial charge is 0.175 e. The Bertz CT molecular complexity index is 985. The minimum atomic E-state index is -3.29. The lowest BCUT2D eigenvalue weighted by atomic mass is 10.1. The van der Waals surface area contributed by atoms with Gasteiger partial charge in [-0.2, -0.15) is 0 Å². The maximum Gasteiger partial charge on any atom is 0.175 e. The summed E-state index contributed by atoms with van der Waals surface area (Å²) in [4.78, 5) is 8.83. The number of nitrogens with zero attached hydrogens (tertiary/aromatic N) is 3. The molecular formula is C23H33F2N3O2S. The van der Waals surface area contributed by atoms with Crippen LogP contribution in [0.3, 0.4) is 0 Å². The van der Waals surface area contributed by atoms with Gasteiger partial charge in [-0.3, -0.25) is 13.9 Å². The Balaban J connectivity index is 0.00000212. The summed E-state index contributed by atoms with van der Waals surface area (Å²) >= 11 is 0. The maximum atomic E-state index is 14.5. The molecule has 0 N–H and O–H groups in total. The molecule has 31 heavy (non-hydrogen) atoms. The third-order valence-electron chi connectivity index (χ3n) is 3.94. The molecule has 0 fully saturated rings. The van der Waals surface area contributed by atoms with Crippen LogP contribution in [0.25, 0.3) is 11.3 Å². The quantitative estimate of drug-likeness (QED) is 0.396. The molecule has 0 aliphatic rings. The Morgan fingerprint density at radius 3 is 2.19 bits per heavy atom. The lowest BCUT2D eigenvalue weighted by molar-refractivity contribution is 0.215. The largest absolute Gasteiger partial charge is 0.299 e. The van der Waals surface area contributed by atoms with Crippen molar-refractivity contribution in [2.45, 2.75) is 45.2 Å². The van der Waals surface area contributed by atoms with Crippen LogP contribution in [0.2, 0.25) is 0 Å². The topological polar surface area (TPSA) is 64.3 Å². The second-order valence-electron chi connectivity index (χ2n) is 6.55. The summed E-state index contributed by atoms with van der Waals surface area (Å²) in [7, 11) is -2.79. The van der Waals surface area contributed by atoms with Crippen molar-refractivity contribution in [2.24, 2.45) is 4.99 Å². The van der Waals surface area contributed by atoms with Crippen LogP contribution >= 0.6 is 0 Å². The molecule has 0 saturated heterocycles. The van der Waals surface area contributed by atoms with Crippen molar-refractivity contribution in [3.8, 4) is 5.69 Å². The number of allylic oxidation sites excluding steroid dienone is 2. The van der Waals surface area contributed by atoms with Gasteiger partial charge in [-0.25, -0.2) is 17.8 Å². The molecule has 5 nitrogen and oxygen atoms in total.